The molecule has 0 fully saturated rings. The lowest BCUT2D eigenvalue weighted by Gasteiger charge is -2.15. The maximum absolute atomic E-state index is 10.3. The molecule has 17 heavy (non-hydrogen) atoms. The van der Waals surface area contributed by atoms with E-state index < -0.39 is 6.10 Å². The highest BCUT2D eigenvalue weighted by molar-refractivity contribution is 5.48. The predicted molar refractivity (Wildman–Crippen MR) is 66.4 cm³/mol. The van der Waals surface area contributed by atoms with Crippen molar-refractivity contribution in [3.05, 3.63) is 53.0 Å². The fourth-order valence-corrected chi connectivity index (χ4v) is 1.75. The Balaban J connectivity index is 2.43. The number of aliphatic hydroxyl groups is 1. The fraction of sp³-hybridized carbons (Fsp3) is 0.231. The first-order valence-electron chi connectivity index (χ1n) is 5.41. The standard InChI is InChI=1S/C13H15N3O/c1-8-5-6-15-13(14)11(8)12(17)10-4-3-9(2)16-7-10/h3-7,12,17H,1-2H3,(H2,14,15). The average Bonchev–Trinajstić information content (AvgIpc) is 2.29. The first kappa shape index (κ1) is 11.5. The second kappa shape index (κ2) is 4.51. The number of aliphatic hydroxyl groups excluding tert-OH is 1. The zero-order valence-corrected chi connectivity index (χ0v) is 9.88. The van der Waals surface area contributed by atoms with Gasteiger partial charge >= 0.3 is 0 Å². The Kier molecular flexibility index (Phi) is 3.06. The summed E-state index contributed by atoms with van der Waals surface area (Å²) in [5, 5.41) is 10.3. The highest BCUT2D eigenvalue weighted by atomic mass is 16.3. The molecule has 0 aliphatic heterocycles. The van der Waals surface area contributed by atoms with Crippen molar-refractivity contribution < 1.29 is 5.11 Å². The Labute approximate surface area is 100 Å². The molecule has 1 atom stereocenters. The molecule has 0 amide bonds. The molecule has 0 bridgehead atoms. The van der Waals surface area contributed by atoms with Crippen LogP contribution >= 0.6 is 0 Å². The van der Waals surface area contributed by atoms with E-state index in [1.165, 1.54) is 0 Å². The number of rotatable bonds is 2. The number of nitrogen functional groups attached to an aromatic ring is 1. The van der Waals surface area contributed by atoms with Gasteiger partial charge in [0.2, 0.25) is 0 Å². The minimum atomic E-state index is -0.781. The lowest BCUT2D eigenvalue weighted by Crippen LogP contribution is -2.08. The van der Waals surface area contributed by atoms with E-state index in [9.17, 15) is 5.11 Å². The zero-order chi connectivity index (χ0) is 12.4. The van der Waals surface area contributed by atoms with E-state index in [0.717, 1.165) is 16.8 Å². The molecule has 0 aromatic carbocycles. The molecule has 88 valence electrons. The summed E-state index contributed by atoms with van der Waals surface area (Å²) in [6, 6.07) is 5.54. The van der Waals surface area contributed by atoms with Gasteiger partial charge in [-0.15, -0.1) is 0 Å². The summed E-state index contributed by atoms with van der Waals surface area (Å²) in [6.45, 7) is 3.80. The lowest BCUT2D eigenvalue weighted by molar-refractivity contribution is 0.219. The van der Waals surface area contributed by atoms with Gasteiger partial charge in [-0.2, -0.15) is 0 Å². The van der Waals surface area contributed by atoms with E-state index in [1.54, 1.807) is 12.4 Å². The van der Waals surface area contributed by atoms with E-state index in [0.29, 0.717) is 11.4 Å². The molecule has 0 spiro atoms. The van der Waals surface area contributed by atoms with E-state index in [1.807, 2.05) is 32.0 Å². The molecule has 0 saturated heterocycles. The zero-order valence-electron chi connectivity index (χ0n) is 9.88. The van der Waals surface area contributed by atoms with Crippen LogP contribution in [0.4, 0.5) is 5.82 Å². The minimum absolute atomic E-state index is 0.359. The quantitative estimate of drug-likeness (QED) is 0.823. The number of aryl methyl sites for hydroxylation is 2. The number of aromatic nitrogens is 2. The lowest BCUT2D eigenvalue weighted by atomic mass is 9.99. The van der Waals surface area contributed by atoms with Crippen LogP contribution in [0.15, 0.2) is 30.6 Å². The van der Waals surface area contributed by atoms with Gasteiger partial charge in [0.1, 0.15) is 11.9 Å². The minimum Gasteiger partial charge on any atom is -0.383 e. The fourth-order valence-electron chi connectivity index (χ4n) is 1.75. The SMILES string of the molecule is Cc1ccc(C(O)c2c(C)ccnc2N)cn1. The summed E-state index contributed by atoms with van der Waals surface area (Å²) in [5.41, 5.74) is 9.01. The van der Waals surface area contributed by atoms with E-state index in [4.69, 9.17) is 5.73 Å². The van der Waals surface area contributed by atoms with Crippen LogP contribution in [0.3, 0.4) is 0 Å². The van der Waals surface area contributed by atoms with Gasteiger partial charge in [0.05, 0.1) is 0 Å². The Morgan fingerprint density at radius 1 is 1.18 bits per heavy atom. The van der Waals surface area contributed by atoms with Crippen molar-refractivity contribution in [2.24, 2.45) is 0 Å². The highest BCUT2D eigenvalue weighted by Gasteiger charge is 2.16. The molecule has 4 heteroatoms. The number of nitrogens with two attached hydrogens (primary N) is 1. The Morgan fingerprint density at radius 3 is 2.53 bits per heavy atom. The van der Waals surface area contributed by atoms with E-state index in [2.05, 4.69) is 9.97 Å². The summed E-state index contributed by atoms with van der Waals surface area (Å²) in [5.74, 6) is 0.359. The van der Waals surface area contributed by atoms with Gasteiger partial charge in [-0.05, 0) is 31.5 Å². The van der Waals surface area contributed by atoms with Crippen LogP contribution < -0.4 is 5.73 Å². The van der Waals surface area contributed by atoms with Gasteiger partial charge in [0.25, 0.3) is 0 Å². The Bertz CT molecular complexity index is 502. The van der Waals surface area contributed by atoms with Gasteiger partial charge in [-0.3, -0.25) is 4.98 Å². The second-order valence-electron chi connectivity index (χ2n) is 4.06. The predicted octanol–water partition coefficient (Wildman–Crippen LogP) is 1.76. The molecule has 3 N–H and O–H groups in total. The van der Waals surface area contributed by atoms with Crippen LogP contribution in [0.1, 0.15) is 28.5 Å². The second-order valence-corrected chi connectivity index (χ2v) is 4.06. The van der Waals surface area contributed by atoms with Crippen LogP contribution in [0, 0.1) is 13.8 Å². The summed E-state index contributed by atoms with van der Waals surface area (Å²) in [4.78, 5) is 8.17. The van der Waals surface area contributed by atoms with Crippen LogP contribution in [0.25, 0.3) is 0 Å². The molecule has 0 radical (unpaired) electrons. The number of hydrogen-bond donors (Lipinski definition) is 2. The third kappa shape index (κ3) is 2.26. The summed E-state index contributed by atoms with van der Waals surface area (Å²) in [7, 11) is 0. The van der Waals surface area contributed by atoms with Crippen molar-refractivity contribution in [1.29, 1.82) is 0 Å². The van der Waals surface area contributed by atoms with Crippen molar-refractivity contribution >= 4 is 5.82 Å². The van der Waals surface area contributed by atoms with Crippen molar-refractivity contribution in [2.75, 3.05) is 5.73 Å². The van der Waals surface area contributed by atoms with E-state index in [-0.39, 0.29) is 0 Å². The third-order valence-electron chi connectivity index (χ3n) is 2.76. The van der Waals surface area contributed by atoms with Gasteiger partial charge in [-0.25, -0.2) is 4.98 Å². The number of pyridine rings is 2. The van der Waals surface area contributed by atoms with Crippen LogP contribution in [-0.4, -0.2) is 15.1 Å². The number of hydrogen-bond acceptors (Lipinski definition) is 4. The van der Waals surface area contributed by atoms with Crippen molar-refractivity contribution in [1.82, 2.24) is 9.97 Å². The molecular weight excluding hydrogens is 214 g/mol. The number of anilines is 1. The van der Waals surface area contributed by atoms with Crippen molar-refractivity contribution in [2.45, 2.75) is 20.0 Å². The average molecular weight is 229 g/mol. The number of nitrogens with zero attached hydrogens (tertiary/aromatic N) is 2. The Morgan fingerprint density at radius 2 is 1.94 bits per heavy atom. The monoisotopic (exact) mass is 229 g/mol. The first-order valence-corrected chi connectivity index (χ1v) is 5.41. The maximum atomic E-state index is 10.3. The largest absolute Gasteiger partial charge is 0.383 e. The third-order valence-corrected chi connectivity index (χ3v) is 2.76. The molecular formula is C13H15N3O. The van der Waals surface area contributed by atoms with Gasteiger partial charge < -0.3 is 10.8 Å². The highest BCUT2D eigenvalue weighted by Crippen LogP contribution is 2.27. The maximum Gasteiger partial charge on any atom is 0.129 e. The summed E-state index contributed by atoms with van der Waals surface area (Å²) >= 11 is 0. The molecule has 4 nitrogen and oxygen atoms in total. The smallest absolute Gasteiger partial charge is 0.129 e. The molecule has 2 aromatic heterocycles. The normalized spacial score (nSPS) is 12.4. The van der Waals surface area contributed by atoms with Gasteiger partial charge in [0.15, 0.2) is 0 Å². The van der Waals surface area contributed by atoms with Crippen LogP contribution in [0.5, 0.6) is 0 Å². The Hall–Kier alpha value is -1.94. The molecule has 2 rings (SSSR count). The van der Waals surface area contributed by atoms with Crippen molar-refractivity contribution in [3.8, 4) is 0 Å². The first-order chi connectivity index (χ1) is 8.09. The summed E-state index contributed by atoms with van der Waals surface area (Å²) < 4.78 is 0. The van der Waals surface area contributed by atoms with Crippen LogP contribution in [0.2, 0.25) is 0 Å². The molecule has 2 aromatic rings. The van der Waals surface area contributed by atoms with Crippen molar-refractivity contribution in [3.63, 3.8) is 0 Å². The molecule has 1 unspecified atom stereocenters. The summed E-state index contributed by atoms with van der Waals surface area (Å²) in [6.07, 6.45) is 2.51. The van der Waals surface area contributed by atoms with Gasteiger partial charge in [0, 0.05) is 29.2 Å². The molecule has 2 heterocycles. The topological polar surface area (TPSA) is 72.0 Å². The van der Waals surface area contributed by atoms with Crippen LogP contribution in [-0.2, 0) is 0 Å². The molecule has 0 saturated carbocycles. The molecule has 0 aliphatic rings. The molecule has 0 aliphatic carbocycles. The van der Waals surface area contributed by atoms with Gasteiger partial charge in [-0.1, -0.05) is 6.07 Å². The van der Waals surface area contributed by atoms with E-state index >= 15 is 0 Å².